The number of ether oxygens (including phenoxy) is 1. The molecular weight excluding hydrogens is 482 g/mol. The van der Waals surface area contributed by atoms with Gasteiger partial charge in [0.2, 0.25) is 15.8 Å². The van der Waals surface area contributed by atoms with Crippen molar-refractivity contribution >= 4 is 15.7 Å². The molecule has 0 aliphatic carbocycles. The summed E-state index contributed by atoms with van der Waals surface area (Å²) in [5.41, 5.74) is 0.906. The lowest BCUT2D eigenvalue weighted by molar-refractivity contribution is 0.297. The minimum absolute atomic E-state index is 0.0789. The van der Waals surface area contributed by atoms with E-state index in [0.29, 0.717) is 31.1 Å². The summed E-state index contributed by atoms with van der Waals surface area (Å²) in [5, 5.41) is 8.00. The van der Waals surface area contributed by atoms with Crippen molar-refractivity contribution in [2.45, 2.75) is 50.8 Å². The van der Waals surface area contributed by atoms with Crippen LogP contribution in [0.3, 0.4) is 0 Å². The van der Waals surface area contributed by atoms with Crippen molar-refractivity contribution in [2.24, 2.45) is 0 Å². The van der Waals surface area contributed by atoms with Gasteiger partial charge >= 0.3 is 5.56 Å². The molecule has 4 rings (SSSR count). The molecule has 0 bridgehead atoms. The van der Waals surface area contributed by atoms with Crippen LogP contribution in [0.4, 0.5) is 5.69 Å². The van der Waals surface area contributed by atoms with Crippen LogP contribution in [-0.2, 0) is 10.0 Å². The van der Waals surface area contributed by atoms with E-state index in [-0.39, 0.29) is 35.1 Å². The summed E-state index contributed by atoms with van der Waals surface area (Å²) in [6, 6.07) is 9.22. The number of rotatable bonds is 11. The molecule has 3 heterocycles. The second-order valence-electron chi connectivity index (χ2n) is 8.81. The highest BCUT2D eigenvalue weighted by Crippen LogP contribution is 2.28. The monoisotopic (exact) mass is 515 g/mol. The molecule has 194 valence electrons. The number of hydrogen-bond donors (Lipinski definition) is 0. The van der Waals surface area contributed by atoms with E-state index >= 15 is 0 Å². The van der Waals surface area contributed by atoms with Gasteiger partial charge in [0, 0.05) is 26.2 Å². The fourth-order valence-corrected chi connectivity index (χ4v) is 5.77. The number of aromatic nitrogens is 3. The second-order valence-corrected chi connectivity index (χ2v) is 10.7. The summed E-state index contributed by atoms with van der Waals surface area (Å²) >= 11 is 0. The van der Waals surface area contributed by atoms with Crippen LogP contribution in [-0.4, -0.2) is 60.4 Å². The highest BCUT2D eigenvalue weighted by Gasteiger charge is 2.32. The third kappa shape index (κ3) is 5.62. The Kier molecular flexibility index (Phi) is 8.42. The Morgan fingerprint density at radius 3 is 2.39 bits per heavy atom. The van der Waals surface area contributed by atoms with Crippen LogP contribution in [0.1, 0.15) is 44.8 Å². The molecule has 0 atom stereocenters. The van der Waals surface area contributed by atoms with E-state index in [9.17, 15) is 13.2 Å². The lowest BCUT2D eigenvalue weighted by Crippen LogP contribution is -2.49. The number of benzene rings is 1. The maximum Gasteiger partial charge on any atom is 0.316 e. The number of piperazine rings is 1. The van der Waals surface area contributed by atoms with Crippen molar-refractivity contribution in [3.05, 3.63) is 58.8 Å². The first kappa shape index (κ1) is 25.9. The van der Waals surface area contributed by atoms with Crippen LogP contribution in [0.5, 0.6) is 5.75 Å². The van der Waals surface area contributed by atoms with E-state index in [4.69, 9.17) is 9.26 Å². The Morgan fingerprint density at radius 2 is 1.72 bits per heavy atom. The third-order valence-corrected chi connectivity index (χ3v) is 8.31. The zero-order chi connectivity index (χ0) is 25.5. The molecule has 11 heteroatoms. The quantitative estimate of drug-likeness (QED) is 0.357. The first-order valence-corrected chi connectivity index (χ1v) is 13.8. The van der Waals surface area contributed by atoms with Gasteiger partial charge in [-0.1, -0.05) is 56.0 Å². The topological polar surface area (TPSA) is 111 Å². The average molecular weight is 516 g/mol. The van der Waals surface area contributed by atoms with Crippen molar-refractivity contribution in [3.63, 3.8) is 0 Å². The Bertz CT molecular complexity index is 1300. The van der Waals surface area contributed by atoms with Gasteiger partial charge in [-0.25, -0.2) is 8.42 Å². The number of hydrogen-bond acceptors (Lipinski definition) is 8. The molecule has 1 saturated heterocycles. The normalized spacial score (nSPS) is 14.8. The first-order chi connectivity index (χ1) is 17.4. The largest absolute Gasteiger partial charge is 0.486 e. The van der Waals surface area contributed by atoms with Gasteiger partial charge in [0.1, 0.15) is 10.6 Å². The minimum atomic E-state index is -3.70. The van der Waals surface area contributed by atoms with E-state index in [1.807, 2.05) is 35.2 Å². The number of aryl methyl sites for hydroxylation is 1. The lowest BCUT2D eigenvalue weighted by atomic mass is 10.2. The van der Waals surface area contributed by atoms with Crippen LogP contribution in [0.15, 0.2) is 56.9 Å². The van der Waals surface area contributed by atoms with Gasteiger partial charge in [0.25, 0.3) is 0 Å². The predicted octanol–water partition coefficient (Wildman–Crippen LogP) is 3.39. The van der Waals surface area contributed by atoms with Crippen molar-refractivity contribution < 1.29 is 17.7 Å². The van der Waals surface area contributed by atoms with E-state index in [1.54, 1.807) is 13.1 Å². The Morgan fingerprint density at radius 1 is 1.00 bits per heavy atom. The smallest absolute Gasteiger partial charge is 0.316 e. The molecule has 0 unspecified atom stereocenters. The summed E-state index contributed by atoms with van der Waals surface area (Å²) in [4.78, 5) is 15.5. The molecule has 0 spiro atoms. The van der Waals surface area contributed by atoms with Crippen molar-refractivity contribution in [1.82, 2.24) is 19.2 Å². The van der Waals surface area contributed by atoms with Gasteiger partial charge in [-0.2, -0.15) is 14.1 Å². The number of anilines is 1. The molecule has 36 heavy (non-hydrogen) atoms. The molecule has 3 aromatic rings. The number of unbranched alkanes of at least 4 members (excludes halogenated alkanes) is 4. The summed E-state index contributed by atoms with van der Waals surface area (Å²) in [5.74, 6) is 0.510. The van der Waals surface area contributed by atoms with Crippen molar-refractivity contribution in [1.29, 1.82) is 0 Å². The van der Waals surface area contributed by atoms with E-state index in [0.717, 1.165) is 25.7 Å². The fourth-order valence-electron chi connectivity index (χ4n) is 4.27. The molecule has 1 aromatic carbocycles. The Balaban J connectivity index is 1.54. The third-order valence-electron chi connectivity index (χ3n) is 6.31. The maximum absolute atomic E-state index is 13.4. The van der Waals surface area contributed by atoms with Gasteiger partial charge in [-0.3, -0.25) is 4.79 Å². The number of para-hydroxylation sites is 1. The van der Waals surface area contributed by atoms with Gasteiger partial charge < -0.3 is 14.2 Å². The van der Waals surface area contributed by atoms with Gasteiger partial charge in [-0.15, -0.1) is 0 Å². The fraction of sp³-hybridized carbons (Fsp3) is 0.480. The van der Waals surface area contributed by atoms with Gasteiger partial charge in [-0.05, 0) is 25.5 Å². The SMILES string of the molecule is CCCCCCCOc1c(N2CCN(S(=O)(=O)c3cnoc3C)CC2)cnn(-c2ccccc2)c1=O. The summed E-state index contributed by atoms with van der Waals surface area (Å²) in [6.07, 6.45) is 8.25. The van der Waals surface area contributed by atoms with Gasteiger partial charge in [0.05, 0.1) is 24.7 Å². The van der Waals surface area contributed by atoms with E-state index < -0.39 is 10.0 Å². The summed E-state index contributed by atoms with van der Waals surface area (Å²) < 4.78 is 39.8. The van der Waals surface area contributed by atoms with Crippen LogP contribution in [0.2, 0.25) is 0 Å². The second kappa shape index (κ2) is 11.7. The Labute approximate surface area is 211 Å². The molecule has 0 N–H and O–H groups in total. The van der Waals surface area contributed by atoms with Crippen molar-refractivity contribution in [2.75, 3.05) is 37.7 Å². The molecule has 1 fully saturated rings. The summed E-state index contributed by atoms with van der Waals surface area (Å²) in [7, 11) is -3.70. The molecule has 0 radical (unpaired) electrons. The van der Waals surface area contributed by atoms with E-state index in [1.165, 1.54) is 21.6 Å². The molecule has 0 saturated carbocycles. The highest BCUT2D eigenvalue weighted by atomic mass is 32.2. The van der Waals surface area contributed by atoms with Crippen molar-refractivity contribution in [3.8, 4) is 11.4 Å². The van der Waals surface area contributed by atoms with Crippen LogP contribution in [0, 0.1) is 6.92 Å². The standard InChI is InChI=1S/C25H33N5O5S/c1-3-4-5-6-10-17-34-24-22(18-26-30(25(24)31)21-11-8-7-9-12-21)28-13-15-29(16-14-28)36(32,33)23-19-27-35-20(23)2/h7-9,11-12,18-19H,3-6,10,13-17H2,1-2H3. The zero-order valence-electron chi connectivity index (χ0n) is 20.8. The van der Waals surface area contributed by atoms with Crippen LogP contribution >= 0.6 is 0 Å². The highest BCUT2D eigenvalue weighted by molar-refractivity contribution is 7.89. The zero-order valence-corrected chi connectivity index (χ0v) is 21.6. The molecule has 1 aliphatic heterocycles. The molecular formula is C25H33N5O5S. The Hall–Kier alpha value is -3.18. The van der Waals surface area contributed by atoms with E-state index in [2.05, 4.69) is 17.2 Å². The molecule has 0 amide bonds. The number of sulfonamides is 1. The molecule has 1 aliphatic rings. The maximum atomic E-state index is 13.4. The first-order valence-electron chi connectivity index (χ1n) is 12.4. The lowest BCUT2D eigenvalue weighted by Gasteiger charge is -2.35. The summed E-state index contributed by atoms with van der Waals surface area (Å²) in [6.45, 7) is 5.49. The minimum Gasteiger partial charge on any atom is -0.486 e. The van der Waals surface area contributed by atoms with Gasteiger partial charge in [0.15, 0.2) is 5.76 Å². The van der Waals surface area contributed by atoms with Crippen LogP contribution in [0.25, 0.3) is 5.69 Å². The molecule has 2 aromatic heterocycles. The predicted molar refractivity (Wildman–Crippen MR) is 136 cm³/mol. The molecule has 10 nitrogen and oxygen atoms in total. The average Bonchev–Trinajstić information content (AvgIpc) is 3.34. The number of nitrogens with zero attached hydrogens (tertiary/aromatic N) is 5. The van der Waals surface area contributed by atoms with Crippen LogP contribution < -0.4 is 15.2 Å².